The first kappa shape index (κ1) is 17.4. The fourth-order valence-corrected chi connectivity index (χ4v) is 3.32. The highest BCUT2D eigenvalue weighted by Crippen LogP contribution is 2.18. The average Bonchev–Trinajstić information content (AvgIpc) is 3.41. The predicted molar refractivity (Wildman–Crippen MR) is 101 cm³/mol. The van der Waals surface area contributed by atoms with Gasteiger partial charge in [-0.25, -0.2) is 9.36 Å². The van der Waals surface area contributed by atoms with Crippen molar-refractivity contribution in [2.45, 2.75) is 31.8 Å². The van der Waals surface area contributed by atoms with Crippen LogP contribution in [-0.2, 0) is 0 Å². The minimum Gasteiger partial charge on any atom is -0.344 e. The summed E-state index contributed by atoms with van der Waals surface area (Å²) in [5.74, 6) is -0.209. The van der Waals surface area contributed by atoms with Gasteiger partial charge in [-0.15, -0.1) is 5.10 Å². The monoisotopic (exact) mass is 365 g/mol. The summed E-state index contributed by atoms with van der Waals surface area (Å²) in [4.78, 5) is 12.5. The SMILES string of the molecule is CC(NC(=O)c1cn(C2CCNCC2)nn1)c1ccc(-n2cccn2)cc1. The number of carbonyl (C=O) groups excluding carboxylic acids is 1. The second-order valence-corrected chi connectivity index (χ2v) is 6.80. The number of piperidine rings is 1. The predicted octanol–water partition coefficient (Wildman–Crippen LogP) is 1.88. The molecule has 1 unspecified atom stereocenters. The van der Waals surface area contributed by atoms with Gasteiger partial charge < -0.3 is 10.6 Å². The van der Waals surface area contributed by atoms with E-state index in [0.29, 0.717) is 11.7 Å². The first-order chi connectivity index (χ1) is 13.2. The van der Waals surface area contributed by atoms with Gasteiger partial charge in [-0.1, -0.05) is 17.3 Å². The van der Waals surface area contributed by atoms with Gasteiger partial charge in [0.15, 0.2) is 5.69 Å². The van der Waals surface area contributed by atoms with Gasteiger partial charge in [-0.2, -0.15) is 5.10 Å². The Labute approximate surface area is 157 Å². The van der Waals surface area contributed by atoms with Crippen LogP contribution in [0.25, 0.3) is 5.69 Å². The van der Waals surface area contributed by atoms with E-state index < -0.39 is 0 Å². The van der Waals surface area contributed by atoms with E-state index >= 15 is 0 Å². The number of carbonyl (C=O) groups is 1. The molecule has 1 fully saturated rings. The lowest BCUT2D eigenvalue weighted by molar-refractivity contribution is 0.0934. The van der Waals surface area contributed by atoms with E-state index in [0.717, 1.165) is 37.2 Å². The molecule has 1 amide bonds. The summed E-state index contributed by atoms with van der Waals surface area (Å²) in [6, 6.07) is 10.0. The molecule has 1 atom stereocenters. The third-order valence-corrected chi connectivity index (χ3v) is 4.94. The highest BCUT2D eigenvalue weighted by molar-refractivity contribution is 5.92. The van der Waals surface area contributed by atoms with Crippen molar-refractivity contribution >= 4 is 5.91 Å². The Kier molecular flexibility index (Phi) is 4.97. The Bertz CT molecular complexity index is 879. The Morgan fingerprint density at radius 3 is 2.74 bits per heavy atom. The molecule has 3 heterocycles. The fourth-order valence-electron chi connectivity index (χ4n) is 3.32. The molecule has 1 saturated heterocycles. The van der Waals surface area contributed by atoms with Gasteiger partial charge in [0.1, 0.15) is 0 Å². The van der Waals surface area contributed by atoms with Crippen molar-refractivity contribution < 1.29 is 4.79 Å². The maximum atomic E-state index is 12.5. The molecule has 1 aliphatic heterocycles. The molecule has 2 aromatic heterocycles. The van der Waals surface area contributed by atoms with Crippen LogP contribution in [0.15, 0.2) is 48.9 Å². The molecule has 0 radical (unpaired) electrons. The van der Waals surface area contributed by atoms with Gasteiger partial charge in [0.05, 0.1) is 24.0 Å². The second kappa shape index (κ2) is 7.71. The van der Waals surface area contributed by atoms with Gasteiger partial charge in [0.25, 0.3) is 5.91 Å². The van der Waals surface area contributed by atoms with Crippen molar-refractivity contribution in [3.63, 3.8) is 0 Å². The first-order valence-corrected chi connectivity index (χ1v) is 9.24. The molecule has 2 N–H and O–H groups in total. The third-order valence-electron chi connectivity index (χ3n) is 4.94. The molecular formula is C19H23N7O. The average molecular weight is 365 g/mol. The summed E-state index contributed by atoms with van der Waals surface area (Å²) in [5.41, 5.74) is 2.35. The first-order valence-electron chi connectivity index (χ1n) is 9.24. The topological polar surface area (TPSA) is 89.7 Å². The van der Waals surface area contributed by atoms with E-state index in [1.807, 2.05) is 48.1 Å². The highest BCUT2D eigenvalue weighted by Gasteiger charge is 2.19. The van der Waals surface area contributed by atoms with E-state index in [-0.39, 0.29) is 11.9 Å². The zero-order valence-corrected chi connectivity index (χ0v) is 15.2. The lowest BCUT2D eigenvalue weighted by atomic mass is 10.1. The summed E-state index contributed by atoms with van der Waals surface area (Å²) in [6.45, 7) is 3.90. The normalized spacial score (nSPS) is 16.2. The van der Waals surface area contributed by atoms with E-state index in [1.165, 1.54) is 0 Å². The lowest BCUT2D eigenvalue weighted by Crippen LogP contribution is -2.29. The van der Waals surface area contributed by atoms with Crippen LogP contribution < -0.4 is 10.6 Å². The van der Waals surface area contributed by atoms with Gasteiger partial charge >= 0.3 is 0 Å². The number of hydrogen-bond donors (Lipinski definition) is 2. The molecule has 0 bridgehead atoms. The van der Waals surface area contributed by atoms with Crippen LogP contribution in [0.4, 0.5) is 0 Å². The highest BCUT2D eigenvalue weighted by atomic mass is 16.2. The smallest absolute Gasteiger partial charge is 0.273 e. The standard InChI is InChI=1S/C19H23N7O/c1-14(15-3-5-16(6-4-15)25-12-2-9-21-25)22-19(27)18-13-26(24-23-18)17-7-10-20-11-8-17/h2-6,9,12-14,17,20H,7-8,10-11H2,1H3,(H,22,27). The molecule has 8 heteroatoms. The van der Waals surface area contributed by atoms with Gasteiger partial charge in [0, 0.05) is 12.4 Å². The summed E-state index contributed by atoms with van der Waals surface area (Å²) < 4.78 is 3.62. The molecule has 1 aromatic carbocycles. The molecule has 0 spiro atoms. The summed E-state index contributed by atoms with van der Waals surface area (Å²) in [6.07, 6.45) is 7.39. The molecule has 140 valence electrons. The summed E-state index contributed by atoms with van der Waals surface area (Å²) >= 11 is 0. The quantitative estimate of drug-likeness (QED) is 0.721. The van der Waals surface area contributed by atoms with E-state index in [1.54, 1.807) is 17.1 Å². The Morgan fingerprint density at radius 1 is 1.26 bits per heavy atom. The van der Waals surface area contributed by atoms with Gasteiger partial charge in [-0.3, -0.25) is 4.79 Å². The van der Waals surface area contributed by atoms with Crippen LogP contribution >= 0.6 is 0 Å². The molecule has 1 aliphatic rings. The van der Waals surface area contributed by atoms with Crippen LogP contribution in [0.3, 0.4) is 0 Å². The number of amides is 1. The minimum atomic E-state index is -0.209. The number of nitrogens with one attached hydrogen (secondary N) is 2. The molecule has 3 aromatic rings. The van der Waals surface area contributed by atoms with Crippen molar-refractivity contribution in [1.29, 1.82) is 0 Å². The number of benzene rings is 1. The zero-order valence-electron chi connectivity index (χ0n) is 15.2. The van der Waals surface area contributed by atoms with Crippen LogP contribution in [0.2, 0.25) is 0 Å². The molecule has 0 saturated carbocycles. The molecular weight excluding hydrogens is 342 g/mol. The van der Waals surface area contributed by atoms with Crippen molar-refractivity contribution in [3.05, 3.63) is 60.2 Å². The molecule has 27 heavy (non-hydrogen) atoms. The molecule has 8 nitrogen and oxygen atoms in total. The van der Waals surface area contributed by atoms with E-state index in [2.05, 4.69) is 26.0 Å². The number of aromatic nitrogens is 5. The Hall–Kier alpha value is -3.00. The fraction of sp³-hybridized carbons (Fsp3) is 0.368. The third kappa shape index (κ3) is 3.90. The summed E-state index contributed by atoms with van der Waals surface area (Å²) in [5, 5.41) is 18.7. The molecule has 0 aliphatic carbocycles. The maximum absolute atomic E-state index is 12.5. The number of nitrogens with zero attached hydrogens (tertiary/aromatic N) is 5. The van der Waals surface area contributed by atoms with Crippen molar-refractivity contribution in [1.82, 2.24) is 35.4 Å². The van der Waals surface area contributed by atoms with E-state index in [4.69, 9.17) is 0 Å². The van der Waals surface area contributed by atoms with Gasteiger partial charge in [-0.05, 0) is 56.6 Å². The lowest BCUT2D eigenvalue weighted by Gasteiger charge is -2.22. The summed E-state index contributed by atoms with van der Waals surface area (Å²) in [7, 11) is 0. The number of rotatable bonds is 5. The van der Waals surface area contributed by atoms with Crippen molar-refractivity contribution in [2.24, 2.45) is 0 Å². The largest absolute Gasteiger partial charge is 0.344 e. The van der Waals surface area contributed by atoms with Crippen LogP contribution in [0, 0.1) is 0 Å². The van der Waals surface area contributed by atoms with Crippen LogP contribution in [0.5, 0.6) is 0 Å². The Morgan fingerprint density at radius 2 is 2.04 bits per heavy atom. The van der Waals surface area contributed by atoms with Crippen LogP contribution in [0.1, 0.15) is 47.9 Å². The Balaban J connectivity index is 1.39. The second-order valence-electron chi connectivity index (χ2n) is 6.80. The minimum absolute atomic E-state index is 0.131. The zero-order chi connectivity index (χ0) is 18.6. The maximum Gasteiger partial charge on any atom is 0.273 e. The van der Waals surface area contributed by atoms with Crippen molar-refractivity contribution in [2.75, 3.05) is 13.1 Å². The van der Waals surface area contributed by atoms with Crippen molar-refractivity contribution in [3.8, 4) is 5.69 Å². The molecule has 4 rings (SSSR count). The van der Waals surface area contributed by atoms with Gasteiger partial charge in [0.2, 0.25) is 0 Å². The van der Waals surface area contributed by atoms with Crippen LogP contribution in [-0.4, -0.2) is 43.8 Å². The number of hydrogen-bond acceptors (Lipinski definition) is 5. The van der Waals surface area contributed by atoms with E-state index in [9.17, 15) is 4.79 Å².